The third-order valence-corrected chi connectivity index (χ3v) is 2.94. The van der Waals surface area contributed by atoms with E-state index in [-0.39, 0.29) is 23.8 Å². The summed E-state index contributed by atoms with van der Waals surface area (Å²) in [5, 5.41) is 8.74. The van der Waals surface area contributed by atoms with Crippen LogP contribution in [0.25, 0.3) is 0 Å². The Morgan fingerprint density at radius 3 is 2.60 bits per heavy atom. The van der Waals surface area contributed by atoms with Crippen molar-refractivity contribution in [2.24, 2.45) is 0 Å². The standard InChI is InChI=1S/C11H13F4NO3S/c12-9(13)5-16(3-4-17)10(18)8-2-1-7(19-8)6-20-11(14)15/h1-2,9,11,17H,3-6H2. The van der Waals surface area contributed by atoms with Gasteiger partial charge in [-0.25, -0.2) is 8.78 Å². The van der Waals surface area contributed by atoms with Crippen LogP contribution in [0.4, 0.5) is 17.6 Å². The lowest BCUT2D eigenvalue weighted by molar-refractivity contribution is 0.0482. The first kappa shape index (κ1) is 16.8. The van der Waals surface area contributed by atoms with Crippen molar-refractivity contribution >= 4 is 17.7 Å². The predicted molar refractivity (Wildman–Crippen MR) is 65.0 cm³/mol. The number of rotatable bonds is 8. The summed E-state index contributed by atoms with van der Waals surface area (Å²) < 4.78 is 53.6. The van der Waals surface area contributed by atoms with Crippen molar-refractivity contribution in [1.82, 2.24) is 4.90 Å². The molecule has 0 aliphatic carbocycles. The number of halogens is 4. The molecule has 1 aromatic heterocycles. The van der Waals surface area contributed by atoms with E-state index in [1.807, 2.05) is 0 Å². The van der Waals surface area contributed by atoms with E-state index in [0.29, 0.717) is 11.8 Å². The van der Waals surface area contributed by atoms with Crippen LogP contribution in [-0.4, -0.2) is 47.8 Å². The smallest absolute Gasteiger partial charge is 0.289 e. The molecule has 0 aliphatic rings. The van der Waals surface area contributed by atoms with E-state index in [1.165, 1.54) is 12.1 Å². The number of carbonyl (C=O) groups excluding carboxylic acids is 1. The van der Waals surface area contributed by atoms with Gasteiger partial charge in [0.05, 0.1) is 18.9 Å². The quantitative estimate of drug-likeness (QED) is 0.749. The Morgan fingerprint density at radius 2 is 2.05 bits per heavy atom. The van der Waals surface area contributed by atoms with Crippen molar-refractivity contribution in [2.75, 3.05) is 19.7 Å². The van der Waals surface area contributed by atoms with Crippen LogP contribution in [0.1, 0.15) is 16.3 Å². The van der Waals surface area contributed by atoms with Crippen LogP contribution in [0.15, 0.2) is 16.5 Å². The average molecular weight is 315 g/mol. The summed E-state index contributed by atoms with van der Waals surface area (Å²) in [6.45, 7) is -1.56. The fraction of sp³-hybridized carbons (Fsp3) is 0.545. The number of aliphatic hydroxyl groups is 1. The van der Waals surface area contributed by atoms with E-state index in [2.05, 4.69) is 0 Å². The number of amides is 1. The number of alkyl halides is 4. The monoisotopic (exact) mass is 315 g/mol. The van der Waals surface area contributed by atoms with Gasteiger partial charge in [0.25, 0.3) is 18.1 Å². The van der Waals surface area contributed by atoms with Gasteiger partial charge in [-0.3, -0.25) is 4.79 Å². The lowest BCUT2D eigenvalue weighted by atomic mass is 10.3. The van der Waals surface area contributed by atoms with E-state index in [1.54, 1.807) is 0 Å². The van der Waals surface area contributed by atoms with E-state index >= 15 is 0 Å². The zero-order chi connectivity index (χ0) is 15.1. The third-order valence-electron chi connectivity index (χ3n) is 2.24. The van der Waals surface area contributed by atoms with Crippen molar-refractivity contribution in [1.29, 1.82) is 0 Å². The molecular formula is C11H13F4NO3S. The first-order valence-electron chi connectivity index (χ1n) is 5.60. The van der Waals surface area contributed by atoms with Gasteiger partial charge in [-0.05, 0) is 12.1 Å². The molecular weight excluding hydrogens is 302 g/mol. The van der Waals surface area contributed by atoms with Gasteiger partial charge in [-0.1, -0.05) is 11.8 Å². The van der Waals surface area contributed by atoms with E-state index in [0.717, 1.165) is 4.90 Å². The second-order valence-electron chi connectivity index (χ2n) is 3.70. The lowest BCUT2D eigenvalue weighted by Gasteiger charge is -2.19. The lowest BCUT2D eigenvalue weighted by Crippen LogP contribution is -2.37. The molecule has 114 valence electrons. The molecule has 1 aromatic rings. The number of hydrogen-bond acceptors (Lipinski definition) is 4. The molecule has 0 atom stereocenters. The van der Waals surface area contributed by atoms with Crippen molar-refractivity contribution < 1.29 is 31.9 Å². The molecule has 0 aromatic carbocycles. The predicted octanol–water partition coefficient (Wildman–Crippen LogP) is 2.44. The summed E-state index contributed by atoms with van der Waals surface area (Å²) in [6.07, 6.45) is -2.74. The molecule has 1 amide bonds. The summed E-state index contributed by atoms with van der Waals surface area (Å²) in [6, 6.07) is 2.57. The maximum Gasteiger partial charge on any atom is 0.289 e. The zero-order valence-corrected chi connectivity index (χ0v) is 11.1. The van der Waals surface area contributed by atoms with Crippen molar-refractivity contribution in [2.45, 2.75) is 17.9 Å². The van der Waals surface area contributed by atoms with Gasteiger partial charge in [-0.2, -0.15) is 8.78 Å². The maximum atomic E-state index is 12.3. The molecule has 0 spiro atoms. The second-order valence-corrected chi connectivity index (χ2v) is 4.68. The van der Waals surface area contributed by atoms with Gasteiger partial charge in [0, 0.05) is 6.54 Å². The van der Waals surface area contributed by atoms with Crippen LogP contribution in [0.3, 0.4) is 0 Å². The number of aliphatic hydroxyl groups excluding tert-OH is 1. The van der Waals surface area contributed by atoms with Gasteiger partial charge in [-0.15, -0.1) is 0 Å². The fourth-order valence-electron chi connectivity index (χ4n) is 1.43. The number of furan rings is 1. The minimum Gasteiger partial charge on any atom is -0.455 e. The van der Waals surface area contributed by atoms with Crippen LogP contribution in [0, 0.1) is 0 Å². The average Bonchev–Trinajstić information content (AvgIpc) is 2.83. The van der Waals surface area contributed by atoms with Gasteiger partial charge in [0.1, 0.15) is 5.76 Å². The van der Waals surface area contributed by atoms with Crippen LogP contribution in [0.2, 0.25) is 0 Å². The van der Waals surface area contributed by atoms with Crippen LogP contribution in [-0.2, 0) is 5.75 Å². The van der Waals surface area contributed by atoms with Crippen LogP contribution >= 0.6 is 11.8 Å². The summed E-state index contributed by atoms with van der Waals surface area (Å²) >= 11 is 0.327. The summed E-state index contributed by atoms with van der Waals surface area (Å²) in [5.74, 6) is -3.57. The first-order valence-corrected chi connectivity index (χ1v) is 6.65. The Hall–Kier alpha value is -1.22. The highest BCUT2D eigenvalue weighted by molar-refractivity contribution is 7.98. The van der Waals surface area contributed by atoms with E-state index in [9.17, 15) is 22.4 Å². The van der Waals surface area contributed by atoms with Gasteiger partial charge < -0.3 is 14.4 Å². The highest BCUT2D eigenvalue weighted by atomic mass is 32.2. The first-order chi connectivity index (χ1) is 9.43. The molecule has 0 unspecified atom stereocenters. The summed E-state index contributed by atoms with van der Waals surface area (Å²) in [7, 11) is 0. The Balaban J connectivity index is 2.69. The van der Waals surface area contributed by atoms with Crippen LogP contribution < -0.4 is 0 Å². The normalized spacial score (nSPS) is 11.3. The second kappa shape index (κ2) is 8.15. The molecule has 9 heteroatoms. The molecule has 1 N–H and O–H groups in total. The fourth-order valence-corrected chi connectivity index (χ4v) is 1.88. The molecule has 0 aliphatic heterocycles. The molecule has 0 fully saturated rings. The molecule has 1 rings (SSSR count). The zero-order valence-electron chi connectivity index (χ0n) is 10.3. The highest BCUT2D eigenvalue weighted by Crippen LogP contribution is 2.21. The molecule has 0 bridgehead atoms. The summed E-state index contributed by atoms with van der Waals surface area (Å²) in [5.41, 5.74) is 0. The molecule has 0 radical (unpaired) electrons. The number of carbonyl (C=O) groups is 1. The van der Waals surface area contributed by atoms with Crippen molar-refractivity contribution in [3.05, 3.63) is 23.7 Å². The molecule has 0 saturated carbocycles. The van der Waals surface area contributed by atoms with E-state index < -0.39 is 31.2 Å². The molecule has 0 saturated heterocycles. The SMILES string of the molecule is O=C(c1ccc(CSC(F)F)o1)N(CCO)CC(F)F. The third kappa shape index (κ3) is 5.41. The number of thioether (sulfide) groups is 1. The summed E-state index contributed by atoms with van der Waals surface area (Å²) in [4.78, 5) is 12.6. The minimum atomic E-state index is -2.74. The Bertz CT molecular complexity index is 428. The highest BCUT2D eigenvalue weighted by Gasteiger charge is 2.22. The van der Waals surface area contributed by atoms with E-state index in [4.69, 9.17) is 9.52 Å². The Labute approximate surface area is 116 Å². The largest absolute Gasteiger partial charge is 0.455 e. The molecule has 1 heterocycles. The number of nitrogens with zero attached hydrogens (tertiary/aromatic N) is 1. The molecule has 4 nitrogen and oxygen atoms in total. The minimum absolute atomic E-state index is 0.125. The Morgan fingerprint density at radius 1 is 1.35 bits per heavy atom. The maximum absolute atomic E-state index is 12.3. The van der Waals surface area contributed by atoms with Gasteiger partial charge in [0.15, 0.2) is 5.76 Å². The Kier molecular flexibility index (Phi) is 6.86. The van der Waals surface area contributed by atoms with Crippen LogP contribution in [0.5, 0.6) is 0 Å². The van der Waals surface area contributed by atoms with Crippen molar-refractivity contribution in [3.8, 4) is 0 Å². The van der Waals surface area contributed by atoms with Gasteiger partial charge >= 0.3 is 0 Å². The topological polar surface area (TPSA) is 53.7 Å². The van der Waals surface area contributed by atoms with Crippen molar-refractivity contribution in [3.63, 3.8) is 0 Å². The molecule has 20 heavy (non-hydrogen) atoms. The van der Waals surface area contributed by atoms with Gasteiger partial charge in [0.2, 0.25) is 0 Å². The number of hydrogen-bond donors (Lipinski definition) is 1.